The van der Waals surface area contributed by atoms with E-state index in [1.54, 1.807) is 0 Å². The number of para-hydroxylation sites is 4. The van der Waals surface area contributed by atoms with E-state index in [0.717, 1.165) is 78.9 Å². The average molecular weight is 1200 g/mol. The Morgan fingerprint density at radius 3 is 0.745 bits per heavy atom. The molecule has 0 saturated heterocycles. The summed E-state index contributed by atoms with van der Waals surface area (Å²) in [6.07, 6.45) is 0. The molecule has 0 spiro atoms. The van der Waals surface area contributed by atoms with Crippen molar-refractivity contribution >= 4 is 77.7 Å². The second-order valence-electron chi connectivity index (χ2n) is 24.1. The van der Waals surface area contributed by atoms with Gasteiger partial charge in [-0.15, -0.1) is 0 Å². The Morgan fingerprint density at radius 2 is 0.394 bits per heavy atom. The summed E-state index contributed by atoms with van der Waals surface area (Å²) in [6, 6.07) is 137. The van der Waals surface area contributed by atoms with Crippen LogP contribution in [0.5, 0.6) is 0 Å². The first-order chi connectivity index (χ1) is 46.6. The van der Waals surface area contributed by atoms with E-state index in [9.17, 15) is 0 Å². The van der Waals surface area contributed by atoms with Crippen molar-refractivity contribution < 1.29 is 0 Å². The second kappa shape index (κ2) is 24.0. The molecule has 0 bridgehead atoms. The lowest BCUT2D eigenvalue weighted by Gasteiger charge is -2.27. The lowest BCUT2D eigenvalue weighted by atomic mass is 9.98. The number of benzene rings is 15. The van der Waals surface area contributed by atoms with Gasteiger partial charge in [0.1, 0.15) is 0 Å². The molecule has 0 aliphatic carbocycles. The Balaban J connectivity index is 0.686. The van der Waals surface area contributed by atoms with Gasteiger partial charge in [0.2, 0.25) is 0 Å². The quantitative estimate of drug-likeness (QED) is 0.108. The predicted molar refractivity (Wildman–Crippen MR) is 397 cm³/mol. The third-order valence-corrected chi connectivity index (χ3v) is 18.5. The molecular weight excluding hydrogens is 1140 g/mol. The van der Waals surface area contributed by atoms with Gasteiger partial charge in [-0.2, -0.15) is 0 Å². The topological polar surface area (TPSA) is 16.3 Å². The first-order valence-electron chi connectivity index (χ1n) is 32.2. The van der Waals surface area contributed by atoms with Gasteiger partial charge in [0.15, 0.2) is 0 Å². The van der Waals surface area contributed by atoms with Gasteiger partial charge in [0, 0.05) is 67.0 Å². The summed E-state index contributed by atoms with van der Waals surface area (Å²) in [5.41, 5.74) is 27.5. The van der Waals surface area contributed by atoms with Gasteiger partial charge >= 0.3 is 0 Å². The molecule has 17 aromatic rings. The molecule has 0 fully saturated rings. The SMILES string of the molecule is c1ccc(-c2ccc(N(c3ccc(-c4ccc5c(c4)c4ccccc4n5-c4ccccc4)cc3)c3cccc(-c4ccc(-c5cccc(N(c6ccc(-c7ccccc7)cc6)c6ccc(-c7ccc8c(c7)c7ccccc7n8-c7ccccc7)cc6)c5)cc4)c3)cc2)cc1. The maximum absolute atomic E-state index is 2.37. The molecule has 0 atom stereocenters. The van der Waals surface area contributed by atoms with Gasteiger partial charge < -0.3 is 18.9 Å². The van der Waals surface area contributed by atoms with Crippen LogP contribution in [0.1, 0.15) is 0 Å². The van der Waals surface area contributed by atoms with Crippen LogP contribution in [0.15, 0.2) is 376 Å². The van der Waals surface area contributed by atoms with Gasteiger partial charge in [0.25, 0.3) is 0 Å². The molecular formula is C90H62N4. The Kier molecular flexibility index (Phi) is 14.2. The van der Waals surface area contributed by atoms with E-state index >= 15 is 0 Å². The monoisotopic (exact) mass is 1200 g/mol. The van der Waals surface area contributed by atoms with E-state index in [4.69, 9.17) is 0 Å². The Morgan fingerprint density at radius 1 is 0.149 bits per heavy atom. The highest BCUT2D eigenvalue weighted by Crippen LogP contribution is 2.43. The number of rotatable bonds is 14. The molecule has 2 heterocycles. The molecule has 0 unspecified atom stereocenters. The lowest BCUT2D eigenvalue weighted by Crippen LogP contribution is -2.10. The van der Waals surface area contributed by atoms with Crippen molar-refractivity contribution in [3.63, 3.8) is 0 Å². The van der Waals surface area contributed by atoms with Crippen LogP contribution in [0.3, 0.4) is 0 Å². The van der Waals surface area contributed by atoms with Crippen LogP contribution in [0.2, 0.25) is 0 Å². The summed E-state index contributed by atoms with van der Waals surface area (Å²) in [4.78, 5) is 4.75. The van der Waals surface area contributed by atoms with Crippen molar-refractivity contribution in [2.24, 2.45) is 0 Å². The van der Waals surface area contributed by atoms with Gasteiger partial charge in [-0.05, 0) is 200 Å². The van der Waals surface area contributed by atoms with E-state index in [0.29, 0.717) is 0 Å². The summed E-state index contributed by atoms with van der Waals surface area (Å²) in [5, 5.41) is 4.96. The summed E-state index contributed by atoms with van der Waals surface area (Å²) in [6.45, 7) is 0. The summed E-state index contributed by atoms with van der Waals surface area (Å²) >= 11 is 0. The molecule has 15 aromatic carbocycles. The van der Waals surface area contributed by atoms with Crippen molar-refractivity contribution in [2.45, 2.75) is 0 Å². The highest BCUT2D eigenvalue weighted by Gasteiger charge is 2.20. The Hall–Kier alpha value is -12.5. The van der Waals surface area contributed by atoms with Crippen molar-refractivity contribution in [1.82, 2.24) is 9.13 Å². The zero-order chi connectivity index (χ0) is 62.3. The van der Waals surface area contributed by atoms with Crippen LogP contribution in [-0.4, -0.2) is 9.13 Å². The average Bonchev–Trinajstić information content (AvgIpc) is 1.60. The van der Waals surface area contributed by atoms with Crippen molar-refractivity contribution in [1.29, 1.82) is 0 Å². The smallest absolute Gasteiger partial charge is 0.0541 e. The van der Waals surface area contributed by atoms with E-state index in [2.05, 4.69) is 395 Å². The van der Waals surface area contributed by atoms with Gasteiger partial charge in [0.05, 0.1) is 22.1 Å². The van der Waals surface area contributed by atoms with Crippen LogP contribution < -0.4 is 9.80 Å². The van der Waals surface area contributed by atoms with E-state index in [1.807, 2.05) is 0 Å². The zero-order valence-electron chi connectivity index (χ0n) is 51.6. The number of anilines is 6. The highest BCUT2D eigenvalue weighted by atomic mass is 15.1. The summed E-state index contributed by atoms with van der Waals surface area (Å²) in [7, 11) is 0. The molecule has 4 heteroatoms. The van der Waals surface area contributed by atoms with E-state index < -0.39 is 0 Å². The van der Waals surface area contributed by atoms with Crippen LogP contribution >= 0.6 is 0 Å². The summed E-state index contributed by atoms with van der Waals surface area (Å²) in [5.74, 6) is 0. The molecule has 442 valence electrons. The maximum atomic E-state index is 2.37. The molecule has 17 rings (SSSR count). The fourth-order valence-electron chi connectivity index (χ4n) is 13.9. The predicted octanol–water partition coefficient (Wildman–Crippen LogP) is 24.8. The van der Waals surface area contributed by atoms with Crippen LogP contribution in [0.4, 0.5) is 34.1 Å². The minimum atomic E-state index is 1.07. The molecule has 0 radical (unpaired) electrons. The molecule has 0 N–H and O–H groups in total. The minimum absolute atomic E-state index is 1.07. The van der Waals surface area contributed by atoms with Crippen molar-refractivity contribution in [3.05, 3.63) is 376 Å². The number of nitrogens with zero attached hydrogens (tertiary/aromatic N) is 4. The summed E-state index contributed by atoms with van der Waals surface area (Å²) < 4.78 is 4.74. The standard InChI is InChI=1S/C90H62N4/c1-5-19-63(20-6-1)65-39-49-77(50-40-65)91(79-53-43-69(44-54-79)73-47-57-89-85(61-73)83-31-13-15-33-87(83)93(89)75-25-9-3-10-26-75)81-29-17-23-71(59-81)67-35-37-68(38-36-67)72-24-18-30-82(60-72)92(78-51-41-66(42-52-78)64-21-7-2-8-22-64)80-55-45-70(46-56-80)74-48-58-90-86(62-74)84-32-14-16-34-88(84)94(90)76-27-11-4-12-28-76/h1-62H. The second-order valence-corrected chi connectivity index (χ2v) is 24.1. The van der Waals surface area contributed by atoms with Crippen molar-refractivity contribution in [2.75, 3.05) is 9.80 Å². The maximum Gasteiger partial charge on any atom is 0.0541 e. The zero-order valence-corrected chi connectivity index (χ0v) is 51.6. The number of fused-ring (bicyclic) bond motifs is 6. The van der Waals surface area contributed by atoms with E-state index in [-0.39, 0.29) is 0 Å². The third-order valence-electron chi connectivity index (χ3n) is 18.5. The van der Waals surface area contributed by atoms with Crippen LogP contribution in [0, 0.1) is 0 Å². The van der Waals surface area contributed by atoms with Crippen LogP contribution in [0.25, 0.3) is 122 Å². The van der Waals surface area contributed by atoms with Gasteiger partial charge in [-0.25, -0.2) is 0 Å². The molecule has 0 amide bonds. The van der Waals surface area contributed by atoms with Gasteiger partial charge in [-0.1, -0.05) is 243 Å². The number of hydrogen-bond acceptors (Lipinski definition) is 2. The molecule has 4 nitrogen and oxygen atoms in total. The molecule has 94 heavy (non-hydrogen) atoms. The Bertz CT molecular complexity index is 5190. The minimum Gasteiger partial charge on any atom is -0.310 e. The van der Waals surface area contributed by atoms with Crippen LogP contribution in [-0.2, 0) is 0 Å². The first kappa shape index (κ1) is 55.6. The largest absolute Gasteiger partial charge is 0.310 e. The molecule has 0 aliphatic heterocycles. The molecule has 2 aromatic heterocycles. The number of hydrogen-bond donors (Lipinski definition) is 0. The van der Waals surface area contributed by atoms with Gasteiger partial charge in [-0.3, -0.25) is 0 Å². The normalized spacial score (nSPS) is 11.4. The highest BCUT2D eigenvalue weighted by molar-refractivity contribution is 6.12. The fourth-order valence-corrected chi connectivity index (χ4v) is 13.9. The van der Waals surface area contributed by atoms with Crippen molar-refractivity contribution in [3.8, 4) is 78.1 Å². The lowest BCUT2D eigenvalue weighted by molar-refractivity contribution is 1.18. The fraction of sp³-hybridized carbons (Fsp3) is 0. The number of aromatic nitrogens is 2. The first-order valence-corrected chi connectivity index (χ1v) is 32.2. The molecule has 0 aliphatic rings. The molecule has 0 saturated carbocycles. The third kappa shape index (κ3) is 10.4. The Labute approximate surface area is 547 Å². The van der Waals surface area contributed by atoms with E-state index in [1.165, 1.54) is 77.0 Å².